The highest BCUT2D eigenvalue weighted by atomic mass is 16.6. The molecule has 0 bridgehead atoms. The van der Waals surface area contributed by atoms with Gasteiger partial charge in [-0.25, -0.2) is 0 Å². The highest BCUT2D eigenvalue weighted by Gasteiger charge is 2.04. The second kappa shape index (κ2) is 7.53. The van der Waals surface area contributed by atoms with Crippen molar-refractivity contribution in [3.63, 3.8) is 0 Å². The number of hydrogen-bond donors (Lipinski definition) is 0. The summed E-state index contributed by atoms with van der Waals surface area (Å²) in [7, 11) is 1.68. The zero-order valence-corrected chi connectivity index (χ0v) is 8.50. The first-order chi connectivity index (χ1) is 5.70. The monoisotopic (exact) mass is 176 g/mol. The van der Waals surface area contributed by atoms with Crippen LogP contribution in [0.15, 0.2) is 0 Å². The van der Waals surface area contributed by atoms with Gasteiger partial charge in [0, 0.05) is 13.7 Å². The fourth-order valence-corrected chi connectivity index (χ4v) is 0.700. The molecule has 0 aliphatic carbocycles. The van der Waals surface area contributed by atoms with E-state index in [9.17, 15) is 0 Å². The summed E-state index contributed by atoms with van der Waals surface area (Å²) in [6.07, 6.45) is 0.316. The van der Waals surface area contributed by atoms with E-state index in [1.165, 1.54) is 0 Å². The summed E-state index contributed by atoms with van der Waals surface area (Å²) in [5, 5.41) is 0. The molecule has 74 valence electrons. The van der Waals surface area contributed by atoms with Crippen molar-refractivity contribution in [2.75, 3.05) is 26.9 Å². The van der Waals surface area contributed by atoms with Crippen LogP contribution >= 0.6 is 0 Å². The summed E-state index contributed by atoms with van der Waals surface area (Å²) >= 11 is 0. The predicted molar refractivity (Wildman–Crippen MR) is 48.4 cm³/mol. The first-order valence-electron chi connectivity index (χ1n) is 4.42. The van der Waals surface area contributed by atoms with Crippen LogP contribution in [0.25, 0.3) is 0 Å². The van der Waals surface area contributed by atoms with Gasteiger partial charge < -0.3 is 14.2 Å². The maximum absolute atomic E-state index is 5.45. The number of hydrogen-bond acceptors (Lipinski definition) is 3. The second-order valence-corrected chi connectivity index (χ2v) is 2.85. The van der Waals surface area contributed by atoms with E-state index >= 15 is 0 Å². The number of rotatable bonds is 7. The van der Waals surface area contributed by atoms with Crippen molar-refractivity contribution in [3.05, 3.63) is 0 Å². The van der Waals surface area contributed by atoms with E-state index in [0.29, 0.717) is 13.2 Å². The Kier molecular flexibility index (Phi) is 7.45. The van der Waals surface area contributed by atoms with Crippen molar-refractivity contribution in [2.45, 2.75) is 33.0 Å². The van der Waals surface area contributed by atoms with Crippen LogP contribution in [0, 0.1) is 0 Å². The van der Waals surface area contributed by atoms with Crippen LogP contribution in [-0.2, 0) is 14.2 Å². The van der Waals surface area contributed by atoms with E-state index in [1.807, 2.05) is 20.8 Å². The van der Waals surface area contributed by atoms with Crippen molar-refractivity contribution >= 4 is 0 Å². The Labute approximate surface area is 75.0 Å². The van der Waals surface area contributed by atoms with Gasteiger partial charge in [0.05, 0.1) is 25.4 Å². The Hall–Kier alpha value is -0.120. The molecule has 0 fully saturated rings. The van der Waals surface area contributed by atoms with E-state index in [2.05, 4.69) is 0 Å². The molecule has 0 aliphatic rings. The van der Waals surface area contributed by atoms with Crippen molar-refractivity contribution in [3.8, 4) is 0 Å². The molecule has 0 radical (unpaired) electrons. The predicted octanol–water partition coefficient (Wildman–Crippen LogP) is 1.46. The molecule has 0 aromatic rings. The number of methoxy groups -OCH3 is 1. The van der Waals surface area contributed by atoms with Gasteiger partial charge in [-0.1, -0.05) is 0 Å². The lowest BCUT2D eigenvalue weighted by Gasteiger charge is -2.15. The molecule has 0 rings (SSSR count). The minimum atomic E-state index is 0.155. The lowest BCUT2D eigenvalue weighted by molar-refractivity contribution is -0.0446. The molecule has 2 unspecified atom stereocenters. The Bertz CT molecular complexity index is 95.8. The van der Waals surface area contributed by atoms with Crippen LogP contribution in [-0.4, -0.2) is 39.1 Å². The Morgan fingerprint density at radius 1 is 1.08 bits per heavy atom. The Balaban J connectivity index is 3.24. The Morgan fingerprint density at radius 2 is 1.75 bits per heavy atom. The molecule has 0 aromatic heterocycles. The topological polar surface area (TPSA) is 27.7 Å². The maximum Gasteiger partial charge on any atom is 0.0781 e. The average Bonchev–Trinajstić information content (AvgIpc) is 2.10. The van der Waals surface area contributed by atoms with Crippen LogP contribution < -0.4 is 0 Å². The summed E-state index contributed by atoms with van der Waals surface area (Å²) in [5.41, 5.74) is 0. The van der Waals surface area contributed by atoms with Crippen molar-refractivity contribution in [2.24, 2.45) is 0 Å². The molecule has 0 saturated heterocycles. The van der Waals surface area contributed by atoms with E-state index in [1.54, 1.807) is 7.11 Å². The van der Waals surface area contributed by atoms with Gasteiger partial charge in [0.2, 0.25) is 0 Å². The summed E-state index contributed by atoms with van der Waals surface area (Å²) in [6.45, 7) is 7.99. The minimum Gasteiger partial charge on any atom is -0.379 e. The lowest BCUT2D eigenvalue weighted by atomic mass is 10.4. The molecule has 3 nitrogen and oxygen atoms in total. The van der Waals surface area contributed by atoms with Gasteiger partial charge >= 0.3 is 0 Å². The summed E-state index contributed by atoms with van der Waals surface area (Å²) < 4.78 is 15.7. The highest BCUT2D eigenvalue weighted by molar-refractivity contribution is 4.50. The van der Waals surface area contributed by atoms with Crippen molar-refractivity contribution < 1.29 is 14.2 Å². The van der Waals surface area contributed by atoms with Gasteiger partial charge in [0.1, 0.15) is 0 Å². The van der Waals surface area contributed by atoms with Crippen LogP contribution in [0.2, 0.25) is 0 Å². The van der Waals surface area contributed by atoms with E-state index in [4.69, 9.17) is 14.2 Å². The van der Waals surface area contributed by atoms with Gasteiger partial charge in [-0.2, -0.15) is 0 Å². The molecule has 2 atom stereocenters. The fraction of sp³-hybridized carbons (Fsp3) is 1.00. The van der Waals surface area contributed by atoms with Gasteiger partial charge in [0.25, 0.3) is 0 Å². The molecule has 0 heterocycles. The molecule has 0 aliphatic heterocycles. The molecular formula is C9H20O3. The third-order valence-electron chi connectivity index (χ3n) is 1.57. The smallest absolute Gasteiger partial charge is 0.0781 e. The quantitative estimate of drug-likeness (QED) is 0.588. The zero-order valence-electron chi connectivity index (χ0n) is 8.50. The average molecular weight is 176 g/mol. The largest absolute Gasteiger partial charge is 0.379 e. The second-order valence-electron chi connectivity index (χ2n) is 2.85. The molecule has 0 saturated carbocycles. The molecule has 0 aromatic carbocycles. The standard InChI is InChI=1S/C9H20O3/c1-5-11-6-9(3)12-7-8(2)10-4/h8-9H,5-7H2,1-4H3. The SMILES string of the molecule is CCOCC(C)OCC(C)OC. The summed E-state index contributed by atoms with van der Waals surface area (Å²) in [4.78, 5) is 0. The van der Waals surface area contributed by atoms with Crippen molar-refractivity contribution in [1.29, 1.82) is 0 Å². The first-order valence-corrected chi connectivity index (χ1v) is 4.42. The molecule has 0 amide bonds. The number of ether oxygens (including phenoxy) is 3. The molecule has 0 spiro atoms. The zero-order chi connectivity index (χ0) is 9.40. The highest BCUT2D eigenvalue weighted by Crippen LogP contribution is 1.96. The Morgan fingerprint density at radius 3 is 2.25 bits per heavy atom. The van der Waals surface area contributed by atoms with Crippen LogP contribution in [0.4, 0.5) is 0 Å². The molecular weight excluding hydrogens is 156 g/mol. The van der Waals surface area contributed by atoms with Gasteiger partial charge in [-0.15, -0.1) is 0 Å². The summed E-state index contributed by atoms with van der Waals surface area (Å²) in [5.74, 6) is 0. The third-order valence-corrected chi connectivity index (χ3v) is 1.57. The van der Waals surface area contributed by atoms with Gasteiger partial charge in [0.15, 0.2) is 0 Å². The van der Waals surface area contributed by atoms with Crippen LogP contribution in [0.1, 0.15) is 20.8 Å². The van der Waals surface area contributed by atoms with E-state index in [-0.39, 0.29) is 12.2 Å². The molecule has 3 heteroatoms. The van der Waals surface area contributed by atoms with Crippen molar-refractivity contribution in [1.82, 2.24) is 0 Å². The minimum absolute atomic E-state index is 0.155. The molecule has 0 N–H and O–H groups in total. The van der Waals surface area contributed by atoms with Gasteiger partial charge in [-0.05, 0) is 20.8 Å². The summed E-state index contributed by atoms with van der Waals surface area (Å²) in [6, 6.07) is 0. The van der Waals surface area contributed by atoms with Crippen LogP contribution in [0.5, 0.6) is 0 Å². The normalized spacial score (nSPS) is 16.0. The van der Waals surface area contributed by atoms with Gasteiger partial charge in [-0.3, -0.25) is 0 Å². The lowest BCUT2D eigenvalue weighted by Crippen LogP contribution is -2.22. The fourth-order valence-electron chi connectivity index (χ4n) is 0.700. The first kappa shape index (κ1) is 11.9. The maximum atomic E-state index is 5.45. The van der Waals surface area contributed by atoms with E-state index in [0.717, 1.165) is 6.61 Å². The van der Waals surface area contributed by atoms with Crippen LogP contribution in [0.3, 0.4) is 0 Å². The molecule has 12 heavy (non-hydrogen) atoms. The van der Waals surface area contributed by atoms with E-state index < -0.39 is 0 Å². The third kappa shape index (κ3) is 6.58.